The Morgan fingerprint density at radius 2 is 2.23 bits per heavy atom. The van der Waals surface area contributed by atoms with Crippen molar-refractivity contribution in [2.24, 2.45) is 0 Å². The molecule has 1 aliphatic rings. The SMILES string of the molecule is COc1ccc(F)cc1C1CCCN1c1ccn2ncc(C(=O)NCC(O)CO)c2c1. The zero-order chi connectivity index (χ0) is 22.0. The van der Waals surface area contributed by atoms with Gasteiger partial charge in [0.25, 0.3) is 5.91 Å². The van der Waals surface area contributed by atoms with Crippen LogP contribution in [0.4, 0.5) is 10.1 Å². The number of aromatic nitrogens is 2. The second-order valence-corrected chi connectivity index (χ2v) is 7.56. The van der Waals surface area contributed by atoms with Gasteiger partial charge in [-0.25, -0.2) is 8.91 Å². The molecular weight excluding hydrogens is 403 g/mol. The molecule has 31 heavy (non-hydrogen) atoms. The van der Waals surface area contributed by atoms with Gasteiger partial charge in [-0.05, 0) is 43.2 Å². The number of rotatable bonds is 7. The minimum atomic E-state index is -1.02. The molecule has 1 aromatic carbocycles. The topological polar surface area (TPSA) is 99.3 Å². The molecule has 3 aromatic rings. The summed E-state index contributed by atoms with van der Waals surface area (Å²) in [5, 5.41) is 25.2. The van der Waals surface area contributed by atoms with Crippen LogP contribution >= 0.6 is 0 Å². The number of fused-ring (bicyclic) bond motifs is 1. The lowest BCUT2D eigenvalue weighted by atomic mass is 10.0. The van der Waals surface area contributed by atoms with Crippen LogP contribution in [0.15, 0.2) is 42.7 Å². The zero-order valence-electron chi connectivity index (χ0n) is 17.2. The summed E-state index contributed by atoms with van der Waals surface area (Å²) in [7, 11) is 1.58. The third kappa shape index (κ3) is 4.19. The number of nitrogens with one attached hydrogen (secondary N) is 1. The molecule has 8 nitrogen and oxygen atoms in total. The highest BCUT2D eigenvalue weighted by Crippen LogP contribution is 2.40. The number of benzene rings is 1. The number of hydrogen-bond acceptors (Lipinski definition) is 6. The summed E-state index contributed by atoms with van der Waals surface area (Å²) < 4.78 is 21.0. The number of amides is 1. The van der Waals surface area contributed by atoms with Crippen LogP contribution in [0.5, 0.6) is 5.75 Å². The van der Waals surface area contributed by atoms with Crippen molar-refractivity contribution in [3.05, 3.63) is 59.7 Å². The predicted octanol–water partition coefficient (Wildman–Crippen LogP) is 1.91. The fourth-order valence-electron chi connectivity index (χ4n) is 4.06. The average molecular weight is 428 g/mol. The van der Waals surface area contributed by atoms with Gasteiger partial charge in [0.1, 0.15) is 11.6 Å². The highest BCUT2D eigenvalue weighted by atomic mass is 19.1. The number of carbonyl (C=O) groups excluding carboxylic acids is 1. The maximum absolute atomic E-state index is 14.0. The highest BCUT2D eigenvalue weighted by molar-refractivity contribution is 6.01. The molecule has 3 N–H and O–H groups in total. The molecule has 9 heteroatoms. The van der Waals surface area contributed by atoms with E-state index in [1.165, 1.54) is 18.3 Å². The Labute approximate surface area is 178 Å². The lowest BCUT2D eigenvalue weighted by Crippen LogP contribution is -2.33. The van der Waals surface area contributed by atoms with Crippen molar-refractivity contribution in [1.29, 1.82) is 0 Å². The number of halogens is 1. The Kier molecular flexibility index (Phi) is 6.06. The van der Waals surface area contributed by atoms with Crippen LogP contribution in [0.1, 0.15) is 34.8 Å². The van der Waals surface area contributed by atoms with Crippen LogP contribution in [0.25, 0.3) is 5.52 Å². The van der Waals surface area contributed by atoms with E-state index in [-0.39, 0.29) is 24.3 Å². The summed E-state index contributed by atoms with van der Waals surface area (Å²) in [5.74, 6) is -0.0476. The minimum absolute atomic E-state index is 0.0481. The second-order valence-electron chi connectivity index (χ2n) is 7.56. The summed E-state index contributed by atoms with van der Waals surface area (Å²) in [6.45, 7) is 0.303. The first-order valence-corrected chi connectivity index (χ1v) is 10.2. The van der Waals surface area contributed by atoms with Crippen LogP contribution < -0.4 is 15.0 Å². The van der Waals surface area contributed by atoms with Crippen LogP contribution in [-0.4, -0.2) is 58.6 Å². The van der Waals surface area contributed by atoms with Gasteiger partial charge in [0.2, 0.25) is 0 Å². The molecule has 3 heterocycles. The van der Waals surface area contributed by atoms with Gasteiger partial charge in [0.15, 0.2) is 0 Å². The molecule has 4 rings (SSSR count). The zero-order valence-corrected chi connectivity index (χ0v) is 17.2. The van der Waals surface area contributed by atoms with Crippen LogP contribution in [0, 0.1) is 5.82 Å². The van der Waals surface area contributed by atoms with E-state index in [9.17, 15) is 14.3 Å². The first-order chi connectivity index (χ1) is 15.0. The average Bonchev–Trinajstić information content (AvgIpc) is 3.43. The number of anilines is 1. The van der Waals surface area contributed by atoms with E-state index in [4.69, 9.17) is 9.84 Å². The molecule has 0 aliphatic carbocycles. The van der Waals surface area contributed by atoms with Gasteiger partial charge in [0.05, 0.1) is 43.1 Å². The maximum Gasteiger partial charge on any atom is 0.255 e. The number of aliphatic hydroxyl groups excluding tert-OH is 2. The van der Waals surface area contributed by atoms with Crippen molar-refractivity contribution in [2.75, 3.05) is 31.7 Å². The molecule has 0 saturated carbocycles. The molecule has 0 bridgehead atoms. The third-order valence-corrected chi connectivity index (χ3v) is 5.59. The summed E-state index contributed by atoms with van der Waals surface area (Å²) in [4.78, 5) is 14.7. The number of pyridine rings is 1. The van der Waals surface area contributed by atoms with Gasteiger partial charge < -0.3 is 25.2 Å². The van der Waals surface area contributed by atoms with E-state index < -0.39 is 12.7 Å². The molecule has 2 unspecified atom stereocenters. The van der Waals surface area contributed by atoms with Crippen molar-refractivity contribution < 1.29 is 24.1 Å². The number of hydrogen-bond donors (Lipinski definition) is 3. The number of nitrogens with zero attached hydrogens (tertiary/aromatic N) is 3. The first-order valence-electron chi connectivity index (χ1n) is 10.2. The van der Waals surface area contributed by atoms with Crippen molar-refractivity contribution in [2.45, 2.75) is 25.0 Å². The van der Waals surface area contributed by atoms with E-state index >= 15 is 0 Å². The van der Waals surface area contributed by atoms with Gasteiger partial charge in [-0.15, -0.1) is 0 Å². The van der Waals surface area contributed by atoms with E-state index in [2.05, 4.69) is 15.3 Å². The van der Waals surface area contributed by atoms with Gasteiger partial charge in [-0.3, -0.25) is 4.79 Å². The van der Waals surface area contributed by atoms with Gasteiger partial charge in [-0.2, -0.15) is 5.10 Å². The monoisotopic (exact) mass is 428 g/mol. The molecule has 2 aromatic heterocycles. The maximum atomic E-state index is 14.0. The number of methoxy groups -OCH3 is 1. The molecular formula is C22H25FN4O4. The molecule has 0 spiro atoms. The Morgan fingerprint density at radius 1 is 1.39 bits per heavy atom. The smallest absolute Gasteiger partial charge is 0.255 e. The van der Waals surface area contributed by atoms with Crippen molar-refractivity contribution >= 4 is 17.1 Å². The number of ether oxygens (including phenoxy) is 1. The first kappa shape index (κ1) is 21.1. The molecule has 1 saturated heterocycles. The van der Waals surface area contributed by atoms with Gasteiger partial charge in [-0.1, -0.05) is 0 Å². The molecule has 1 fully saturated rings. The third-order valence-electron chi connectivity index (χ3n) is 5.59. The van der Waals surface area contributed by atoms with Crippen LogP contribution in [0.2, 0.25) is 0 Å². The lowest BCUT2D eigenvalue weighted by Gasteiger charge is -2.28. The summed E-state index contributed by atoms with van der Waals surface area (Å²) in [6, 6.07) is 8.30. The molecule has 0 radical (unpaired) electrons. The molecule has 1 aliphatic heterocycles. The minimum Gasteiger partial charge on any atom is -0.496 e. The molecule has 2 atom stereocenters. The number of carbonyl (C=O) groups is 1. The summed E-state index contributed by atoms with van der Waals surface area (Å²) in [5.41, 5.74) is 2.67. The second kappa shape index (κ2) is 8.91. The fraction of sp³-hybridized carbons (Fsp3) is 0.364. The molecule has 1 amide bonds. The summed E-state index contributed by atoms with van der Waals surface area (Å²) >= 11 is 0. The highest BCUT2D eigenvalue weighted by Gasteiger charge is 2.29. The molecule has 164 valence electrons. The van der Waals surface area contributed by atoms with E-state index in [0.29, 0.717) is 16.8 Å². The number of aliphatic hydroxyl groups is 2. The fourth-order valence-corrected chi connectivity index (χ4v) is 4.06. The van der Waals surface area contributed by atoms with Crippen LogP contribution in [-0.2, 0) is 0 Å². The normalized spacial score (nSPS) is 17.2. The van der Waals surface area contributed by atoms with Gasteiger partial charge >= 0.3 is 0 Å². The van der Waals surface area contributed by atoms with E-state index in [0.717, 1.165) is 30.6 Å². The van der Waals surface area contributed by atoms with E-state index in [1.807, 2.05) is 12.1 Å². The Bertz CT molecular complexity index is 1090. The Morgan fingerprint density at radius 3 is 3.00 bits per heavy atom. The van der Waals surface area contributed by atoms with Crippen molar-refractivity contribution in [3.63, 3.8) is 0 Å². The largest absolute Gasteiger partial charge is 0.496 e. The quantitative estimate of drug-likeness (QED) is 0.532. The lowest BCUT2D eigenvalue weighted by molar-refractivity contribution is 0.0803. The summed E-state index contributed by atoms with van der Waals surface area (Å²) in [6.07, 6.45) is 4.03. The van der Waals surface area contributed by atoms with E-state index in [1.54, 1.807) is 23.9 Å². The standard InChI is InChI=1S/C22H25FN4O4/c1-31-21-5-4-14(23)9-17(21)19-3-2-7-26(19)15-6-8-27-20(10-15)18(12-25-27)22(30)24-11-16(29)13-28/h4-6,8-10,12,16,19,28-29H,2-3,7,11,13H2,1H3,(H,24,30). The van der Waals surface area contributed by atoms with Crippen LogP contribution in [0.3, 0.4) is 0 Å². The van der Waals surface area contributed by atoms with Gasteiger partial charge in [0, 0.05) is 30.5 Å². The predicted molar refractivity (Wildman–Crippen MR) is 113 cm³/mol. The Balaban J connectivity index is 1.65. The van der Waals surface area contributed by atoms with Crippen molar-refractivity contribution in [3.8, 4) is 5.75 Å². The van der Waals surface area contributed by atoms with Crippen molar-refractivity contribution in [1.82, 2.24) is 14.9 Å². The Hall–Kier alpha value is -3.17.